The quantitative estimate of drug-likeness (QED) is 0.160. The van der Waals surface area contributed by atoms with Gasteiger partial charge in [0.1, 0.15) is 0 Å². The Hall–Kier alpha value is -11.3. The molecule has 0 amide bonds. The lowest BCUT2D eigenvalue weighted by atomic mass is 9.25. The Morgan fingerprint density at radius 2 is 0.494 bits per heavy atom. The molecule has 0 saturated carbocycles. The van der Waals surface area contributed by atoms with Crippen LogP contribution in [0.5, 0.6) is 0 Å². The highest BCUT2D eigenvalue weighted by Crippen LogP contribution is 2.62. The number of para-hydroxylation sites is 6. The molecule has 402 valence electrons. The molecule has 89 heavy (non-hydrogen) atoms. The van der Waals surface area contributed by atoms with Crippen LogP contribution in [0, 0.1) is 0 Å². The number of anilines is 12. The summed E-state index contributed by atoms with van der Waals surface area (Å²) in [7, 11) is 0. The van der Waals surface area contributed by atoms with Gasteiger partial charge in [0, 0.05) is 90.3 Å². The molecule has 7 heteroatoms. The maximum absolute atomic E-state index is 2.82. The summed E-state index contributed by atoms with van der Waals surface area (Å²) in [6.45, 7) is -0.284. The molecule has 0 aromatic heterocycles. The van der Waals surface area contributed by atoms with E-state index in [2.05, 4.69) is 293 Å². The van der Waals surface area contributed by atoms with Gasteiger partial charge in [-0.25, -0.2) is 0 Å². The van der Waals surface area contributed by atoms with E-state index in [0.29, 0.717) is 0 Å². The zero-order valence-electron chi connectivity index (χ0n) is 48.0. The van der Waals surface area contributed by atoms with E-state index in [1.54, 1.807) is 0 Å². The summed E-state index contributed by atoms with van der Waals surface area (Å²) in [6, 6.07) is 105. The lowest BCUT2D eigenvalue weighted by Crippen LogP contribution is -2.73. The molecule has 0 bridgehead atoms. The van der Waals surface area contributed by atoms with Gasteiger partial charge in [0.25, 0.3) is 20.1 Å². The molecule has 13 aromatic carbocycles. The van der Waals surface area contributed by atoms with Crippen LogP contribution in [0.3, 0.4) is 0 Å². The Kier molecular flexibility index (Phi) is 8.28. The first-order valence-corrected chi connectivity index (χ1v) is 31.5. The van der Waals surface area contributed by atoms with Gasteiger partial charge in [-0.15, -0.1) is 0 Å². The number of hydrogen-bond donors (Lipinski definition) is 0. The maximum Gasteiger partial charge on any atom is 0.252 e. The number of nitrogens with zero attached hydrogens (tertiary/aromatic N) is 4. The smallest absolute Gasteiger partial charge is 0.252 e. The second kappa shape index (κ2) is 16.0. The number of benzene rings is 13. The van der Waals surface area contributed by atoms with Crippen LogP contribution in [0.1, 0.15) is 44.5 Å². The number of hydrogen-bond acceptors (Lipinski definition) is 4. The zero-order chi connectivity index (χ0) is 57.2. The molecule has 2 aliphatic carbocycles. The molecular weight excluding hydrogens is 1070 g/mol. The minimum absolute atomic E-state index is 0.0921. The van der Waals surface area contributed by atoms with Crippen LogP contribution in [0.25, 0.3) is 44.5 Å². The van der Waals surface area contributed by atoms with Crippen LogP contribution in [0.2, 0.25) is 0 Å². The molecule has 0 radical (unpaired) electrons. The highest BCUT2D eigenvalue weighted by molar-refractivity contribution is 7.08. The van der Waals surface area contributed by atoms with Gasteiger partial charge in [-0.2, -0.15) is 0 Å². The number of rotatable bonds is 2. The maximum atomic E-state index is 2.82. The van der Waals surface area contributed by atoms with E-state index >= 15 is 0 Å². The average Bonchev–Trinajstić information content (AvgIpc) is 1.54. The summed E-state index contributed by atoms with van der Waals surface area (Å²) in [5.41, 5.74) is 48.2. The molecule has 13 aromatic rings. The third-order valence-electron chi connectivity index (χ3n) is 21.8. The molecule has 0 N–H and O–H groups in total. The highest BCUT2D eigenvalue weighted by atomic mass is 15.2. The van der Waals surface area contributed by atoms with Gasteiger partial charge in [0.05, 0.1) is 11.4 Å². The molecule has 0 spiro atoms. The monoisotopic (exact) mass is 1120 g/mol. The van der Waals surface area contributed by atoms with E-state index in [1.807, 2.05) is 0 Å². The summed E-state index contributed by atoms with van der Waals surface area (Å²) in [5.74, 6) is 0. The van der Waals surface area contributed by atoms with Crippen molar-refractivity contribution in [2.24, 2.45) is 0 Å². The van der Waals surface area contributed by atoms with E-state index in [-0.39, 0.29) is 20.1 Å². The summed E-state index contributed by atoms with van der Waals surface area (Å²) in [6.07, 6.45) is 0. The fraction of sp³-hybridized carbons (Fsp3) is 0. The topological polar surface area (TPSA) is 13.0 Å². The summed E-state index contributed by atoms with van der Waals surface area (Å²) < 4.78 is 0. The van der Waals surface area contributed by atoms with Crippen molar-refractivity contribution < 1.29 is 0 Å². The van der Waals surface area contributed by atoms with Crippen molar-refractivity contribution in [2.75, 3.05) is 19.6 Å². The van der Waals surface area contributed by atoms with Crippen LogP contribution in [-0.4, -0.2) is 20.1 Å². The molecule has 10 aliphatic rings. The zero-order valence-corrected chi connectivity index (χ0v) is 48.0. The van der Waals surface area contributed by atoms with Crippen LogP contribution in [0.15, 0.2) is 273 Å². The first-order chi connectivity index (χ1) is 44.3. The molecule has 8 aliphatic heterocycles. The first-order valence-electron chi connectivity index (χ1n) is 31.5. The van der Waals surface area contributed by atoms with Crippen molar-refractivity contribution >= 4 is 160 Å². The van der Waals surface area contributed by atoms with E-state index < -0.39 is 0 Å². The van der Waals surface area contributed by atoms with E-state index in [4.69, 9.17) is 0 Å². The van der Waals surface area contributed by atoms with Crippen molar-refractivity contribution in [3.05, 3.63) is 317 Å². The van der Waals surface area contributed by atoms with Crippen molar-refractivity contribution in [3.63, 3.8) is 0 Å². The minimum atomic E-state index is -0.100. The minimum Gasteiger partial charge on any atom is -0.311 e. The van der Waals surface area contributed by atoms with Crippen LogP contribution < -0.4 is 68.8 Å². The summed E-state index contributed by atoms with van der Waals surface area (Å²) in [4.78, 5) is 10.8. The predicted molar refractivity (Wildman–Crippen MR) is 373 cm³/mol. The van der Waals surface area contributed by atoms with Crippen LogP contribution >= 0.6 is 0 Å². The van der Waals surface area contributed by atoms with E-state index in [0.717, 1.165) is 11.4 Å². The van der Waals surface area contributed by atoms with Crippen molar-refractivity contribution in [2.45, 2.75) is 0 Å². The third kappa shape index (κ3) is 5.29. The van der Waals surface area contributed by atoms with Gasteiger partial charge in [0.2, 0.25) is 0 Å². The molecule has 4 nitrogen and oxygen atoms in total. The largest absolute Gasteiger partial charge is 0.311 e. The summed E-state index contributed by atoms with van der Waals surface area (Å²) in [5, 5.41) is 0. The Balaban J connectivity index is 0.914. The van der Waals surface area contributed by atoms with Crippen LogP contribution in [0.4, 0.5) is 68.2 Å². The normalized spacial score (nSPS) is 15.2. The van der Waals surface area contributed by atoms with Gasteiger partial charge in [0.15, 0.2) is 0 Å². The molecule has 0 fully saturated rings. The second-order valence-electron chi connectivity index (χ2n) is 25.6. The van der Waals surface area contributed by atoms with Gasteiger partial charge < -0.3 is 19.6 Å². The molecule has 23 rings (SSSR count). The van der Waals surface area contributed by atoms with Gasteiger partial charge in [-0.3, -0.25) is 0 Å². The lowest BCUT2D eigenvalue weighted by molar-refractivity contribution is 1.20. The molecule has 0 atom stereocenters. The third-order valence-corrected chi connectivity index (χ3v) is 21.8. The predicted octanol–water partition coefficient (Wildman–Crippen LogP) is 13.6. The average molecular weight is 1120 g/mol. The fourth-order valence-electron chi connectivity index (χ4n) is 18.8. The van der Waals surface area contributed by atoms with Crippen molar-refractivity contribution in [1.29, 1.82) is 0 Å². The van der Waals surface area contributed by atoms with Gasteiger partial charge in [-0.1, -0.05) is 224 Å². The number of fused-ring (bicyclic) bond motifs is 14. The Labute approximate surface area is 516 Å². The van der Waals surface area contributed by atoms with Crippen molar-refractivity contribution in [1.82, 2.24) is 0 Å². The van der Waals surface area contributed by atoms with E-state index in [9.17, 15) is 0 Å². The highest BCUT2D eigenvalue weighted by Gasteiger charge is 2.58. The van der Waals surface area contributed by atoms with Crippen LogP contribution in [-0.2, 0) is 0 Å². The Morgan fingerprint density at radius 3 is 0.910 bits per heavy atom. The Bertz CT molecular complexity index is 5190. The fourth-order valence-corrected chi connectivity index (χ4v) is 18.8. The van der Waals surface area contributed by atoms with Gasteiger partial charge >= 0.3 is 0 Å². The second-order valence-corrected chi connectivity index (χ2v) is 25.6. The van der Waals surface area contributed by atoms with E-state index in [1.165, 1.54) is 195 Å². The molecule has 0 saturated heterocycles. The molecular formula is C82H45B3N4. The van der Waals surface area contributed by atoms with Gasteiger partial charge in [-0.05, 0) is 153 Å². The lowest BCUT2D eigenvalue weighted by Gasteiger charge is -2.56. The molecule has 0 unspecified atom stereocenters. The van der Waals surface area contributed by atoms with Crippen molar-refractivity contribution in [3.8, 4) is 22.3 Å². The standard InChI is InChI=1S/C82H45B3N4/c1-3-21-46(22-4-1)86-66-39-17-15-35-60(66)83-64-45-65-82-76-81(64)88-77-56(72(58-41-43-68(86)74(83)79(58)88)70-52-29-11-7-25-48(52)49-26-8-12-30-53(49)70)33-19-37-62(77)85(76)63-38-20-34-57-73(71-54-31-13-9-27-50(54)51-28-10-14-32-55(51)71)59-42-44-69-75(80(59)89(82)78(57)63)84(65)61-36-16-18-40-67(61)87(69)47-23-5-2-6-24-47/h1-45H. The Morgan fingerprint density at radius 1 is 0.180 bits per heavy atom. The molecule has 8 heterocycles. The summed E-state index contributed by atoms with van der Waals surface area (Å²) >= 11 is 0. The SMILES string of the molecule is c1ccc(N2c3ccccc3B3c4cc5c6c7c4N4c8c(cccc8C(=C8c9ccccc9-c9ccccc98)c8ccc2c3c84)B7c2cccc3c2N6c2c(ccc4c2B5c2ccccc2N4c2ccccc2)C3=C2c3ccccc3-c3ccccc32)cc1. The first kappa shape index (κ1) is 46.0.